The molecule has 0 saturated carbocycles. The topological polar surface area (TPSA) is 90.4 Å². The lowest BCUT2D eigenvalue weighted by Gasteiger charge is -2.28. The van der Waals surface area contributed by atoms with E-state index < -0.39 is 11.7 Å². The van der Waals surface area contributed by atoms with E-state index in [2.05, 4.69) is 5.10 Å². The van der Waals surface area contributed by atoms with E-state index in [4.69, 9.17) is 10.5 Å². The fraction of sp³-hybridized carbons (Fsp3) is 0.444. The highest BCUT2D eigenvalue weighted by Gasteiger charge is 2.27. The smallest absolute Gasteiger partial charge is 0.405 e. The standard InChI is InChI=1S/C18H25N3O3/c1-4-21-16(9-10-20-21)14-7-5-13(6-8-14)15(12-22)11-18(2,3)24-17(19)23/h5-10,15,22H,4,11-12H2,1-3H3,(H2,19,23). The average molecular weight is 331 g/mol. The van der Waals surface area contributed by atoms with Crippen molar-refractivity contribution >= 4 is 6.09 Å². The van der Waals surface area contributed by atoms with E-state index >= 15 is 0 Å². The van der Waals surface area contributed by atoms with Crippen molar-refractivity contribution in [1.82, 2.24) is 9.78 Å². The van der Waals surface area contributed by atoms with Crippen LogP contribution in [0.25, 0.3) is 11.3 Å². The van der Waals surface area contributed by atoms with Crippen LogP contribution in [-0.2, 0) is 11.3 Å². The van der Waals surface area contributed by atoms with Crippen molar-refractivity contribution in [3.63, 3.8) is 0 Å². The number of primary amides is 1. The van der Waals surface area contributed by atoms with Crippen molar-refractivity contribution in [3.05, 3.63) is 42.1 Å². The number of nitrogens with two attached hydrogens (primary N) is 1. The summed E-state index contributed by atoms with van der Waals surface area (Å²) in [4.78, 5) is 11.0. The molecule has 0 bridgehead atoms. The molecule has 24 heavy (non-hydrogen) atoms. The van der Waals surface area contributed by atoms with Gasteiger partial charge in [-0.2, -0.15) is 5.10 Å². The van der Waals surface area contributed by atoms with Crippen LogP contribution in [-0.4, -0.2) is 33.2 Å². The van der Waals surface area contributed by atoms with Crippen molar-refractivity contribution in [2.24, 2.45) is 5.73 Å². The fourth-order valence-electron chi connectivity index (χ4n) is 2.95. The van der Waals surface area contributed by atoms with E-state index in [1.807, 2.05) is 41.9 Å². The zero-order chi connectivity index (χ0) is 17.7. The monoisotopic (exact) mass is 331 g/mol. The zero-order valence-corrected chi connectivity index (χ0v) is 14.4. The SMILES string of the molecule is CCn1nccc1-c1ccc(C(CO)CC(C)(C)OC(N)=O)cc1. The van der Waals surface area contributed by atoms with Gasteiger partial charge < -0.3 is 15.6 Å². The minimum atomic E-state index is -0.806. The van der Waals surface area contributed by atoms with Crippen molar-refractivity contribution in [2.75, 3.05) is 6.61 Å². The van der Waals surface area contributed by atoms with Crippen LogP contribution in [0.1, 0.15) is 38.7 Å². The van der Waals surface area contributed by atoms with Crippen LogP contribution >= 0.6 is 0 Å². The van der Waals surface area contributed by atoms with Gasteiger partial charge in [-0.15, -0.1) is 0 Å². The van der Waals surface area contributed by atoms with Crippen LogP contribution in [0, 0.1) is 0 Å². The Kier molecular flexibility index (Phi) is 5.62. The van der Waals surface area contributed by atoms with Crippen molar-refractivity contribution in [2.45, 2.75) is 45.3 Å². The van der Waals surface area contributed by atoms with Gasteiger partial charge in [0, 0.05) is 18.7 Å². The predicted octanol–water partition coefficient (Wildman–Crippen LogP) is 2.91. The first-order valence-corrected chi connectivity index (χ1v) is 8.07. The molecule has 3 N–H and O–H groups in total. The van der Waals surface area contributed by atoms with Crippen molar-refractivity contribution < 1.29 is 14.6 Å². The third-order valence-corrected chi connectivity index (χ3v) is 4.03. The Morgan fingerprint density at radius 3 is 2.54 bits per heavy atom. The molecule has 0 aliphatic heterocycles. The number of hydrogen-bond acceptors (Lipinski definition) is 4. The first-order valence-electron chi connectivity index (χ1n) is 8.07. The van der Waals surface area contributed by atoms with E-state index in [-0.39, 0.29) is 12.5 Å². The van der Waals surface area contributed by atoms with Gasteiger partial charge in [-0.1, -0.05) is 24.3 Å². The Balaban J connectivity index is 2.17. The summed E-state index contributed by atoms with van der Waals surface area (Å²) in [6, 6.07) is 9.99. The van der Waals surface area contributed by atoms with Crippen LogP contribution in [0.4, 0.5) is 4.79 Å². The number of nitrogens with zero attached hydrogens (tertiary/aromatic N) is 2. The minimum absolute atomic E-state index is 0.0300. The third-order valence-electron chi connectivity index (χ3n) is 4.03. The second-order valence-corrected chi connectivity index (χ2v) is 6.42. The number of aromatic nitrogens is 2. The molecule has 0 fully saturated rings. The summed E-state index contributed by atoms with van der Waals surface area (Å²) in [6.45, 7) is 6.40. The predicted molar refractivity (Wildman–Crippen MR) is 92.5 cm³/mol. The molecular formula is C18H25N3O3. The Bertz CT molecular complexity index is 677. The fourth-order valence-corrected chi connectivity index (χ4v) is 2.95. The number of ether oxygens (including phenoxy) is 1. The van der Waals surface area contributed by atoms with E-state index in [1.54, 1.807) is 20.0 Å². The van der Waals surface area contributed by atoms with Gasteiger partial charge in [0.05, 0.1) is 12.3 Å². The number of aliphatic hydroxyl groups excluding tert-OH is 1. The lowest BCUT2D eigenvalue weighted by molar-refractivity contribution is 0.0285. The highest BCUT2D eigenvalue weighted by molar-refractivity contribution is 5.65. The Labute approximate surface area is 142 Å². The average Bonchev–Trinajstić information content (AvgIpc) is 3.00. The molecule has 0 spiro atoms. The molecule has 0 aliphatic rings. The third kappa shape index (κ3) is 4.35. The molecule has 1 amide bonds. The summed E-state index contributed by atoms with van der Waals surface area (Å²) in [6.07, 6.45) is 1.46. The van der Waals surface area contributed by atoms with Crippen LogP contribution in [0.3, 0.4) is 0 Å². The van der Waals surface area contributed by atoms with Gasteiger partial charge in [0.15, 0.2) is 0 Å². The maximum absolute atomic E-state index is 11.0. The first kappa shape index (κ1) is 18.0. The summed E-state index contributed by atoms with van der Waals surface area (Å²) in [5.41, 5.74) is 7.49. The normalized spacial score (nSPS) is 12.8. The Hall–Kier alpha value is -2.34. The molecule has 130 valence electrons. The lowest BCUT2D eigenvalue weighted by Crippen LogP contribution is -2.33. The van der Waals surface area contributed by atoms with Gasteiger partial charge in [0.25, 0.3) is 0 Å². The number of carbonyl (C=O) groups excluding carboxylic acids is 1. The number of aryl methyl sites for hydroxylation is 1. The number of rotatable bonds is 7. The maximum Gasteiger partial charge on any atom is 0.405 e. The van der Waals surface area contributed by atoms with Gasteiger partial charge in [-0.3, -0.25) is 4.68 Å². The highest BCUT2D eigenvalue weighted by Crippen LogP contribution is 2.30. The van der Waals surface area contributed by atoms with Crippen LogP contribution < -0.4 is 5.73 Å². The van der Waals surface area contributed by atoms with Crippen molar-refractivity contribution in [3.8, 4) is 11.3 Å². The summed E-state index contributed by atoms with van der Waals surface area (Å²) >= 11 is 0. The minimum Gasteiger partial charge on any atom is -0.444 e. The molecule has 0 saturated heterocycles. The van der Waals surface area contributed by atoms with Gasteiger partial charge in [-0.25, -0.2) is 4.79 Å². The lowest BCUT2D eigenvalue weighted by atomic mass is 9.88. The summed E-state index contributed by atoms with van der Waals surface area (Å²) < 4.78 is 7.05. The Morgan fingerprint density at radius 2 is 2.00 bits per heavy atom. The summed E-state index contributed by atoms with van der Waals surface area (Å²) in [5.74, 6) is -0.135. The van der Waals surface area contributed by atoms with E-state index in [0.717, 1.165) is 23.4 Å². The van der Waals surface area contributed by atoms with Crippen LogP contribution in [0.2, 0.25) is 0 Å². The van der Waals surface area contributed by atoms with E-state index in [9.17, 15) is 9.90 Å². The molecule has 0 radical (unpaired) electrons. The number of benzene rings is 1. The molecule has 1 aromatic carbocycles. The molecule has 1 aromatic heterocycles. The highest BCUT2D eigenvalue weighted by atomic mass is 16.6. The molecule has 0 aliphatic carbocycles. The summed E-state index contributed by atoms with van der Waals surface area (Å²) in [7, 11) is 0. The molecule has 2 rings (SSSR count). The molecule has 2 aromatic rings. The zero-order valence-electron chi connectivity index (χ0n) is 14.4. The molecule has 1 atom stereocenters. The number of aliphatic hydroxyl groups is 1. The largest absolute Gasteiger partial charge is 0.444 e. The van der Waals surface area contributed by atoms with Crippen LogP contribution in [0.5, 0.6) is 0 Å². The molecule has 6 nitrogen and oxygen atoms in total. The molecular weight excluding hydrogens is 306 g/mol. The quantitative estimate of drug-likeness (QED) is 0.816. The first-order chi connectivity index (χ1) is 11.4. The second-order valence-electron chi connectivity index (χ2n) is 6.42. The van der Waals surface area contributed by atoms with Crippen molar-refractivity contribution in [1.29, 1.82) is 0 Å². The summed E-state index contributed by atoms with van der Waals surface area (Å²) in [5, 5.41) is 14.0. The Morgan fingerprint density at radius 1 is 1.33 bits per heavy atom. The molecule has 6 heteroatoms. The number of amides is 1. The van der Waals surface area contributed by atoms with Gasteiger partial charge in [0.2, 0.25) is 0 Å². The van der Waals surface area contributed by atoms with Gasteiger partial charge in [-0.05, 0) is 44.4 Å². The van der Waals surface area contributed by atoms with E-state index in [1.165, 1.54) is 0 Å². The van der Waals surface area contributed by atoms with Crippen LogP contribution in [0.15, 0.2) is 36.5 Å². The van der Waals surface area contributed by atoms with Gasteiger partial charge >= 0.3 is 6.09 Å². The second kappa shape index (κ2) is 7.49. The molecule has 1 heterocycles. The molecule has 1 unspecified atom stereocenters. The van der Waals surface area contributed by atoms with E-state index in [0.29, 0.717) is 6.42 Å². The maximum atomic E-state index is 11.0. The van der Waals surface area contributed by atoms with Gasteiger partial charge in [0.1, 0.15) is 5.60 Å². The number of hydrogen-bond donors (Lipinski definition) is 2. The number of carbonyl (C=O) groups is 1.